The number of hydrogen-bond donors (Lipinski definition) is 1. The van der Waals surface area contributed by atoms with Gasteiger partial charge in [-0.05, 0) is 38.8 Å². The molecule has 0 aliphatic carbocycles. The maximum atomic E-state index is 8.86. The molecule has 0 atom stereocenters. The maximum Gasteiger partial charge on any atom is 0.0683 e. The van der Waals surface area contributed by atoms with Crippen LogP contribution in [-0.4, -0.2) is 6.54 Å². The average molecular weight is 216 g/mol. The van der Waals surface area contributed by atoms with Gasteiger partial charge in [0.2, 0.25) is 0 Å². The molecule has 0 spiro atoms. The molecule has 86 valence electrons. The summed E-state index contributed by atoms with van der Waals surface area (Å²) < 4.78 is 0. The first kappa shape index (κ1) is 12.7. The van der Waals surface area contributed by atoms with E-state index in [0.717, 1.165) is 25.9 Å². The Balaban J connectivity index is 2.12. The molecule has 1 rings (SSSR count). The van der Waals surface area contributed by atoms with Crippen molar-refractivity contribution in [3.8, 4) is 6.07 Å². The molecule has 0 unspecified atom stereocenters. The third-order valence-corrected chi connectivity index (χ3v) is 2.63. The fourth-order valence-electron chi connectivity index (χ4n) is 1.54. The first-order valence-electron chi connectivity index (χ1n) is 5.80. The van der Waals surface area contributed by atoms with E-state index in [2.05, 4.69) is 35.7 Å². The molecule has 16 heavy (non-hydrogen) atoms. The highest BCUT2D eigenvalue weighted by atomic mass is 14.8. The summed E-state index contributed by atoms with van der Waals surface area (Å²) in [5.74, 6) is 0. The van der Waals surface area contributed by atoms with Crippen molar-refractivity contribution >= 4 is 0 Å². The van der Waals surface area contributed by atoms with Crippen molar-refractivity contribution in [1.82, 2.24) is 5.32 Å². The van der Waals surface area contributed by atoms with E-state index >= 15 is 0 Å². The normalized spacial score (nSPS) is 11.1. The monoisotopic (exact) mass is 216 g/mol. The van der Waals surface area contributed by atoms with E-state index < -0.39 is 0 Å². The summed E-state index contributed by atoms with van der Waals surface area (Å²) in [6.45, 7) is 5.86. The fraction of sp³-hybridized carbons (Fsp3) is 0.500. The highest BCUT2D eigenvalue weighted by Gasteiger charge is 2.14. The summed E-state index contributed by atoms with van der Waals surface area (Å²) in [7, 11) is 0. The summed E-state index contributed by atoms with van der Waals surface area (Å²) in [5, 5.41) is 12.2. The van der Waals surface area contributed by atoms with Crippen molar-refractivity contribution in [2.24, 2.45) is 5.41 Å². The Morgan fingerprint density at radius 2 is 1.94 bits per heavy atom. The predicted octanol–water partition coefficient (Wildman–Crippen LogP) is 3.11. The van der Waals surface area contributed by atoms with Gasteiger partial charge in [-0.25, -0.2) is 0 Å². The minimum atomic E-state index is -0.186. The number of hydrogen-bond acceptors (Lipinski definition) is 2. The Bertz CT molecular complexity index is 336. The van der Waals surface area contributed by atoms with E-state index in [-0.39, 0.29) is 5.41 Å². The van der Waals surface area contributed by atoms with Crippen LogP contribution in [0.4, 0.5) is 0 Å². The molecule has 0 saturated heterocycles. The van der Waals surface area contributed by atoms with Crippen LogP contribution in [0.15, 0.2) is 30.3 Å². The lowest BCUT2D eigenvalue weighted by atomic mass is 9.90. The molecular weight excluding hydrogens is 196 g/mol. The molecule has 0 bridgehead atoms. The van der Waals surface area contributed by atoms with Gasteiger partial charge in [-0.2, -0.15) is 5.26 Å². The molecule has 0 fully saturated rings. The second kappa shape index (κ2) is 6.30. The Hall–Kier alpha value is -1.33. The maximum absolute atomic E-state index is 8.86. The predicted molar refractivity (Wildman–Crippen MR) is 66.8 cm³/mol. The van der Waals surface area contributed by atoms with Crippen molar-refractivity contribution < 1.29 is 0 Å². The Morgan fingerprint density at radius 1 is 1.25 bits per heavy atom. The Kier molecular flexibility index (Phi) is 5.01. The lowest BCUT2D eigenvalue weighted by Crippen LogP contribution is -2.17. The molecule has 0 aliphatic heterocycles. The largest absolute Gasteiger partial charge is 0.313 e. The van der Waals surface area contributed by atoms with Crippen LogP contribution in [0.5, 0.6) is 0 Å². The minimum absolute atomic E-state index is 0.186. The summed E-state index contributed by atoms with van der Waals surface area (Å²) in [4.78, 5) is 0. The molecular formula is C14H20N2. The second-order valence-electron chi connectivity index (χ2n) is 4.76. The molecule has 0 aromatic heterocycles. The van der Waals surface area contributed by atoms with Gasteiger partial charge in [0.25, 0.3) is 0 Å². The lowest BCUT2D eigenvalue weighted by molar-refractivity contribution is 0.426. The zero-order valence-electron chi connectivity index (χ0n) is 10.2. The van der Waals surface area contributed by atoms with Crippen LogP contribution in [0.25, 0.3) is 0 Å². The van der Waals surface area contributed by atoms with Crippen LogP contribution >= 0.6 is 0 Å². The van der Waals surface area contributed by atoms with Gasteiger partial charge in [-0.3, -0.25) is 0 Å². The summed E-state index contributed by atoms with van der Waals surface area (Å²) in [6, 6.07) is 12.7. The van der Waals surface area contributed by atoms with Gasteiger partial charge in [0, 0.05) is 6.54 Å². The van der Waals surface area contributed by atoms with E-state index in [1.165, 1.54) is 5.56 Å². The number of nitriles is 1. The zero-order chi connectivity index (χ0) is 11.9. The van der Waals surface area contributed by atoms with Crippen LogP contribution in [0.2, 0.25) is 0 Å². The quantitative estimate of drug-likeness (QED) is 0.742. The van der Waals surface area contributed by atoms with Gasteiger partial charge in [0.05, 0.1) is 11.5 Å². The minimum Gasteiger partial charge on any atom is -0.313 e. The van der Waals surface area contributed by atoms with Crippen LogP contribution in [0.3, 0.4) is 0 Å². The van der Waals surface area contributed by atoms with Crippen LogP contribution < -0.4 is 5.32 Å². The van der Waals surface area contributed by atoms with Crippen molar-refractivity contribution in [3.63, 3.8) is 0 Å². The smallest absolute Gasteiger partial charge is 0.0683 e. The third kappa shape index (κ3) is 4.95. The highest BCUT2D eigenvalue weighted by Crippen LogP contribution is 2.19. The van der Waals surface area contributed by atoms with E-state index in [4.69, 9.17) is 5.26 Å². The van der Waals surface area contributed by atoms with Gasteiger partial charge in [-0.1, -0.05) is 30.3 Å². The van der Waals surface area contributed by atoms with Crippen LogP contribution in [0.1, 0.15) is 32.3 Å². The van der Waals surface area contributed by atoms with E-state index in [9.17, 15) is 0 Å². The summed E-state index contributed by atoms with van der Waals surface area (Å²) >= 11 is 0. The van der Waals surface area contributed by atoms with E-state index in [0.29, 0.717) is 0 Å². The molecule has 1 aromatic rings. The number of rotatable bonds is 6. The molecule has 0 amide bonds. The molecule has 0 saturated carbocycles. The second-order valence-corrected chi connectivity index (χ2v) is 4.76. The van der Waals surface area contributed by atoms with Gasteiger partial charge in [0.1, 0.15) is 0 Å². The number of nitrogens with zero attached hydrogens (tertiary/aromatic N) is 1. The molecule has 0 aliphatic rings. The van der Waals surface area contributed by atoms with Gasteiger partial charge >= 0.3 is 0 Å². The summed E-state index contributed by atoms with van der Waals surface area (Å²) in [6.07, 6.45) is 2.00. The van der Waals surface area contributed by atoms with Gasteiger partial charge in [0.15, 0.2) is 0 Å². The standard InChI is InChI=1S/C14H20N2/c1-14(2,12-15)9-6-10-16-11-13-7-4-3-5-8-13/h3-5,7-8,16H,6,9-11H2,1-2H3. The first-order chi connectivity index (χ1) is 7.64. The van der Waals surface area contributed by atoms with Crippen molar-refractivity contribution in [1.29, 1.82) is 5.26 Å². The fourth-order valence-corrected chi connectivity index (χ4v) is 1.54. The molecule has 0 heterocycles. The first-order valence-corrected chi connectivity index (χ1v) is 5.80. The zero-order valence-corrected chi connectivity index (χ0v) is 10.2. The van der Waals surface area contributed by atoms with Gasteiger partial charge in [-0.15, -0.1) is 0 Å². The van der Waals surface area contributed by atoms with Gasteiger partial charge < -0.3 is 5.32 Å². The third-order valence-electron chi connectivity index (χ3n) is 2.63. The molecule has 2 nitrogen and oxygen atoms in total. The van der Waals surface area contributed by atoms with E-state index in [1.54, 1.807) is 0 Å². The topological polar surface area (TPSA) is 35.8 Å². The molecule has 1 N–H and O–H groups in total. The Labute approximate surface area is 98.3 Å². The van der Waals surface area contributed by atoms with Crippen molar-refractivity contribution in [2.45, 2.75) is 33.2 Å². The van der Waals surface area contributed by atoms with Crippen LogP contribution in [0, 0.1) is 16.7 Å². The summed E-state index contributed by atoms with van der Waals surface area (Å²) in [5.41, 5.74) is 1.12. The highest BCUT2D eigenvalue weighted by molar-refractivity contribution is 5.14. The number of nitrogens with one attached hydrogen (secondary N) is 1. The van der Waals surface area contributed by atoms with Crippen molar-refractivity contribution in [3.05, 3.63) is 35.9 Å². The average Bonchev–Trinajstić information content (AvgIpc) is 2.30. The van der Waals surface area contributed by atoms with Crippen molar-refractivity contribution in [2.75, 3.05) is 6.54 Å². The SMILES string of the molecule is CC(C)(C#N)CCCNCc1ccccc1. The van der Waals surface area contributed by atoms with Crippen LogP contribution in [-0.2, 0) is 6.54 Å². The number of benzene rings is 1. The Morgan fingerprint density at radius 3 is 2.56 bits per heavy atom. The molecule has 1 aromatic carbocycles. The molecule has 0 radical (unpaired) electrons. The lowest BCUT2D eigenvalue weighted by Gasteiger charge is -2.14. The van der Waals surface area contributed by atoms with E-state index in [1.807, 2.05) is 19.9 Å². The molecule has 2 heteroatoms.